The molecule has 1 unspecified atom stereocenters. The van der Waals surface area contributed by atoms with Crippen LogP contribution in [-0.2, 0) is 16.1 Å². The molecule has 7 nitrogen and oxygen atoms in total. The Morgan fingerprint density at radius 1 is 1.07 bits per heavy atom. The van der Waals surface area contributed by atoms with Crippen LogP contribution in [0.2, 0.25) is 0 Å². The van der Waals surface area contributed by atoms with Gasteiger partial charge >= 0.3 is 0 Å². The molecule has 1 fully saturated rings. The van der Waals surface area contributed by atoms with Crippen molar-refractivity contribution in [3.8, 4) is 11.5 Å². The molecule has 0 spiro atoms. The molecule has 0 saturated carbocycles. The Labute approximate surface area is 173 Å². The second-order valence-corrected chi connectivity index (χ2v) is 7.83. The van der Waals surface area contributed by atoms with Gasteiger partial charge in [-0.25, -0.2) is 4.39 Å². The Balaban J connectivity index is 1.23. The van der Waals surface area contributed by atoms with E-state index in [1.807, 2.05) is 23.1 Å². The number of amides is 2. The molecule has 2 amide bonds. The maximum atomic E-state index is 13.5. The third-order valence-electron chi connectivity index (χ3n) is 5.88. The molecule has 1 atom stereocenters. The summed E-state index contributed by atoms with van der Waals surface area (Å²) in [5.74, 6) is 0.222. The van der Waals surface area contributed by atoms with Crippen molar-refractivity contribution in [2.45, 2.75) is 18.9 Å². The minimum atomic E-state index is -0.560. The van der Waals surface area contributed by atoms with Crippen molar-refractivity contribution < 1.29 is 23.5 Å². The van der Waals surface area contributed by atoms with Crippen molar-refractivity contribution in [2.75, 3.05) is 38.3 Å². The third-order valence-corrected chi connectivity index (χ3v) is 5.88. The highest BCUT2D eigenvalue weighted by Crippen LogP contribution is 2.35. The molecule has 3 aliphatic heterocycles. The molecule has 0 bridgehead atoms. The molecule has 2 aromatic rings. The number of nitrogens with zero attached hydrogens (tertiary/aromatic N) is 2. The van der Waals surface area contributed by atoms with E-state index in [1.54, 1.807) is 6.07 Å². The summed E-state index contributed by atoms with van der Waals surface area (Å²) in [7, 11) is 0. The van der Waals surface area contributed by atoms with Crippen LogP contribution in [0, 0.1) is 5.82 Å². The Morgan fingerprint density at radius 2 is 1.87 bits per heavy atom. The highest BCUT2D eigenvalue weighted by atomic mass is 19.1. The highest BCUT2D eigenvalue weighted by Gasteiger charge is 2.34. The normalized spacial score (nSPS) is 20.6. The van der Waals surface area contributed by atoms with Gasteiger partial charge in [-0.1, -0.05) is 12.1 Å². The van der Waals surface area contributed by atoms with Crippen LogP contribution in [0.3, 0.4) is 0 Å². The number of hydrogen-bond acceptors (Lipinski definition) is 5. The van der Waals surface area contributed by atoms with Gasteiger partial charge in [-0.05, 0) is 35.4 Å². The number of benzene rings is 2. The van der Waals surface area contributed by atoms with E-state index in [9.17, 15) is 14.0 Å². The van der Waals surface area contributed by atoms with Gasteiger partial charge in [0.15, 0.2) is 11.5 Å². The molecule has 0 radical (unpaired) electrons. The van der Waals surface area contributed by atoms with E-state index in [4.69, 9.17) is 9.47 Å². The number of anilines is 1. The molecule has 2 aromatic carbocycles. The summed E-state index contributed by atoms with van der Waals surface area (Å²) in [5, 5.41) is 2.66. The molecule has 3 aliphatic rings. The SMILES string of the molecule is O=C1CC(C(=O)N2CCN(Cc3ccc4c(c3)OCO4)CC2)c2ccc(F)cc2N1. The van der Waals surface area contributed by atoms with E-state index in [0.29, 0.717) is 24.3 Å². The van der Waals surface area contributed by atoms with E-state index in [-0.39, 0.29) is 25.0 Å². The van der Waals surface area contributed by atoms with Crippen LogP contribution in [0.4, 0.5) is 10.1 Å². The number of piperazine rings is 1. The third kappa shape index (κ3) is 3.59. The molecule has 5 rings (SSSR count). The Bertz CT molecular complexity index is 1000. The monoisotopic (exact) mass is 411 g/mol. The van der Waals surface area contributed by atoms with Gasteiger partial charge < -0.3 is 19.7 Å². The number of fused-ring (bicyclic) bond motifs is 2. The molecule has 30 heavy (non-hydrogen) atoms. The molecular weight excluding hydrogens is 389 g/mol. The number of nitrogens with one attached hydrogen (secondary N) is 1. The zero-order valence-corrected chi connectivity index (χ0v) is 16.4. The number of ether oxygens (including phenoxy) is 2. The molecule has 8 heteroatoms. The van der Waals surface area contributed by atoms with E-state index in [2.05, 4.69) is 10.2 Å². The van der Waals surface area contributed by atoms with E-state index in [0.717, 1.165) is 36.7 Å². The lowest BCUT2D eigenvalue weighted by atomic mass is 9.89. The molecule has 1 saturated heterocycles. The Kier molecular flexibility index (Phi) is 4.78. The average Bonchev–Trinajstić information content (AvgIpc) is 3.21. The van der Waals surface area contributed by atoms with Gasteiger partial charge in [-0.15, -0.1) is 0 Å². The van der Waals surface area contributed by atoms with Crippen molar-refractivity contribution in [3.05, 3.63) is 53.3 Å². The van der Waals surface area contributed by atoms with Crippen LogP contribution in [0.15, 0.2) is 36.4 Å². The Morgan fingerprint density at radius 3 is 2.70 bits per heavy atom. The second kappa shape index (κ2) is 7.60. The van der Waals surface area contributed by atoms with E-state index in [1.165, 1.54) is 12.1 Å². The van der Waals surface area contributed by atoms with Crippen molar-refractivity contribution >= 4 is 17.5 Å². The fourth-order valence-corrected chi connectivity index (χ4v) is 4.30. The average molecular weight is 411 g/mol. The summed E-state index contributed by atoms with van der Waals surface area (Å²) >= 11 is 0. The van der Waals surface area contributed by atoms with Gasteiger partial charge in [0, 0.05) is 44.8 Å². The fourth-order valence-electron chi connectivity index (χ4n) is 4.30. The predicted molar refractivity (Wildman–Crippen MR) is 107 cm³/mol. The van der Waals surface area contributed by atoms with Gasteiger partial charge in [0.2, 0.25) is 18.6 Å². The summed E-state index contributed by atoms with van der Waals surface area (Å²) in [5.41, 5.74) is 2.22. The van der Waals surface area contributed by atoms with Gasteiger partial charge in [0.25, 0.3) is 0 Å². The molecule has 1 N–H and O–H groups in total. The molecular formula is C22H22FN3O4. The number of carbonyl (C=O) groups is 2. The molecule has 156 valence electrons. The van der Waals surface area contributed by atoms with Crippen LogP contribution < -0.4 is 14.8 Å². The van der Waals surface area contributed by atoms with Gasteiger partial charge in [0.1, 0.15) is 5.82 Å². The smallest absolute Gasteiger partial charge is 0.231 e. The van der Waals surface area contributed by atoms with Crippen LogP contribution in [-0.4, -0.2) is 54.6 Å². The van der Waals surface area contributed by atoms with Crippen molar-refractivity contribution in [3.63, 3.8) is 0 Å². The van der Waals surface area contributed by atoms with Crippen molar-refractivity contribution in [2.24, 2.45) is 0 Å². The van der Waals surface area contributed by atoms with E-state index >= 15 is 0 Å². The first kappa shape index (κ1) is 18.9. The first-order valence-corrected chi connectivity index (χ1v) is 10.1. The van der Waals surface area contributed by atoms with Gasteiger partial charge in [-0.2, -0.15) is 0 Å². The van der Waals surface area contributed by atoms with Crippen LogP contribution in [0.5, 0.6) is 11.5 Å². The van der Waals surface area contributed by atoms with Gasteiger partial charge in [0.05, 0.1) is 5.92 Å². The lowest BCUT2D eigenvalue weighted by Gasteiger charge is -2.37. The first-order chi connectivity index (χ1) is 14.6. The minimum absolute atomic E-state index is 0.0690. The highest BCUT2D eigenvalue weighted by molar-refractivity contribution is 6.01. The topological polar surface area (TPSA) is 71.1 Å². The maximum Gasteiger partial charge on any atom is 0.231 e. The van der Waals surface area contributed by atoms with Crippen LogP contribution in [0.1, 0.15) is 23.5 Å². The maximum absolute atomic E-state index is 13.5. The summed E-state index contributed by atoms with van der Waals surface area (Å²) in [6.07, 6.45) is 0.0921. The zero-order valence-electron chi connectivity index (χ0n) is 16.4. The molecule has 0 aromatic heterocycles. The number of carbonyl (C=O) groups excluding carboxylic acids is 2. The lowest BCUT2D eigenvalue weighted by Crippen LogP contribution is -2.50. The minimum Gasteiger partial charge on any atom is -0.454 e. The largest absolute Gasteiger partial charge is 0.454 e. The first-order valence-electron chi connectivity index (χ1n) is 10.1. The summed E-state index contributed by atoms with van der Waals surface area (Å²) in [4.78, 5) is 29.3. The summed E-state index contributed by atoms with van der Waals surface area (Å²) < 4.78 is 24.3. The van der Waals surface area contributed by atoms with Crippen molar-refractivity contribution in [1.29, 1.82) is 0 Å². The van der Waals surface area contributed by atoms with Crippen LogP contribution >= 0.6 is 0 Å². The molecule has 3 heterocycles. The predicted octanol–water partition coefficient (Wildman–Crippen LogP) is 2.32. The summed E-state index contributed by atoms with van der Waals surface area (Å²) in [6, 6.07) is 10.2. The lowest BCUT2D eigenvalue weighted by molar-refractivity contribution is -0.136. The number of rotatable bonds is 3. The fraction of sp³-hybridized carbons (Fsp3) is 0.364. The van der Waals surface area contributed by atoms with Gasteiger partial charge in [-0.3, -0.25) is 14.5 Å². The Hall–Kier alpha value is -3.13. The number of hydrogen-bond donors (Lipinski definition) is 1. The quantitative estimate of drug-likeness (QED) is 0.840. The number of halogens is 1. The zero-order chi connectivity index (χ0) is 20.7. The van der Waals surface area contributed by atoms with Crippen LogP contribution in [0.25, 0.3) is 0 Å². The van der Waals surface area contributed by atoms with E-state index < -0.39 is 11.7 Å². The molecule has 0 aliphatic carbocycles. The second-order valence-electron chi connectivity index (χ2n) is 7.83. The summed E-state index contributed by atoms with van der Waals surface area (Å²) in [6.45, 7) is 3.71. The van der Waals surface area contributed by atoms with Crippen molar-refractivity contribution in [1.82, 2.24) is 9.80 Å². The standard InChI is InChI=1S/C22H22FN3O4/c23-15-2-3-16-17(11-21(27)24-18(16)10-15)22(28)26-7-5-25(6-8-26)12-14-1-4-19-20(9-14)30-13-29-19/h1-4,9-10,17H,5-8,11-13H2,(H,24,27).